The Hall–Kier alpha value is -2.63. The molecule has 0 unspecified atom stereocenters. The molecular formula is C33H50O6. The molecule has 0 bridgehead atoms. The van der Waals surface area contributed by atoms with Crippen molar-refractivity contribution in [3.63, 3.8) is 0 Å². The molecule has 6 nitrogen and oxygen atoms in total. The highest BCUT2D eigenvalue weighted by atomic mass is 16.5. The van der Waals surface area contributed by atoms with E-state index >= 15 is 0 Å². The fraction of sp³-hybridized carbons (Fsp3) is 0.667. The maximum absolute atomic E-state index is 13.1. The van der Waals surface area contributed by atoms with Gasteiger partial charge in [-0.2, -0.15) is 0 Å². The Morgan fingerprint density at radius 3 is 2.18 bits per heavy atom. The molecule has 2 rings (SSSR count). The molecule has 0 aliphatic heterocycles. The van der Waals surface area contributed by atoms with Gasteiger partial charge in [0.15, 0.2) is 5.92 Å². The Labute approximate surface area is 235 Å². The summed E-state index contributed by atoms with van der Waals surface area (Å²) in [7, 11) is 2.52. The molecule has 0 aromatic heterocycles. The van der Waals surface area contributed by atoms with E-state index in [0.717, 1.165) is 38.5 Å². The number of carbonyl (C=O) groups excluding carboxylic acids is 3. The Morgan fingerprint density at radius 2 is 1.56 bits per heavy atom. The zero-order chi connectivity index (χ0) is 28.8. The van der Waals surface area contributed by atoms with Crippen LogP contribution in [0.4, 0.5) is 0 Å². The van der Waals surface area contributed by atoms with Gasteiger partial charge in [-0.25, -0.2) is 4.79 Å². The first kappa shape index (κ1) is 32.6. The highest BCUT2D eigenvalue weighted by Gasteiger charge is 2.42. The van der Waals surface area contributed by atoms with Crippen LogP contribution in [-0.4, -0.2) is 38.2 Å². The predicted octanol–water partition coefficient (Wildman–Crippen LogP) is 7.20. The van der Waals surface area contributed by atoms with E-state index in [4.69, 9.17) is 14.2 Å². The molecule has 0 N–H and O–H groups in total. The summed E-state index contributed by atoms with van der Waals surface area (Å²) >= 11 is 0. The fourth-order valence-corrected chi connectivity index (χ4v) is 5.99. The number of hydrogen-bond donors (Lipinski definition) is 0. The fourth-order valence-electron chi connectivity index (χ4n) is 5.99. The lowest BCUT2D eigenvalue weighted by molar-refractivity contribution is -0.161. The number of rotatable bonds is 15. The van der Waals surface area contributed by atoms with Crippen molar-refractivity contribution in [1.82, 2.24) is 0 Å². The highest BCUT2D eigenvalue weighted by Crippen LogP contribution is 2.43. The molecule has 4 atom stereocenters. The van der Waals surface area contributed by atoms with Gasteiger partial charge in [-0.05, 0) is 36.2 Å². The molecule has 1 aliphatic carbocycles. The van der Waals surface area contributed by atoms with E-state index in [1.165, 1.54) is 45.1 Å². The van der Waals surface area contributed by atoms with Gasteiger partial charge < -0.3 is 14.2 Å². The minimum atomic E-state index is -1.11. The molecule has 1 aromatic carbocycles. The van der Waals surface area contributed by atoms with Crippen molar-refractivity contribution in [2.45, 2.75) is 103 Å². The third-order valence-electron chi connectivity index (χ3n) is 8.48. The summed E-state index contributed by atoms with van der Waals surface area (Å²) in [6.45, 7) is 8.84. The van der Waals surface area contributed by atoms with Crippen molar-refractivity contribution in [3.8, 4) is 0 Å². The molecule has 218 valence electrons. The van der Waals surface area contributed by atoms with E-state index in [-0.39, 0.29) is 17.4 Å². The molecule has 0 saturated heterocycles. The number of benzene rings is 1. The second-order valence-electron chi connectivity index (χ2n) is 11.7. The van der Waals surface area contributed by atoms with E-state index in [1.807, 2.05) is 6.07 Å². The van der Waals surface area contributed by atoms with Gasteiger partial charge in [0.05, 0.1) is 14.2 Å². The average Bonchev–Trinajstić information content (AvgIpc) is 2.93. The van der Waals surface area contributed by atoms with Crippen molar-refractivity contribution in [3.05, 3.63) is 48.0 Å². The molecule has 1 aromatic rings. The monoisotopic (exact) mass is 542 g/mol. The first-order chi connectivity index (χ1) is 18.6. The van der Waals surface area contributed by atoms with Crippen LogP contribution in [0.1, 0.15) is 97.5 Å². The number of ether oxygens (including phenoxy) is 3. The minimum absolute atomic E-state index is 0.156. The van der Waals surface area contributed by atoms with Crippen molar-refractivity contribution in [2.24, 2.45) is 23.7 Å². The summed E-state index contributed by atoms with van der Waals surface area (Å²) in [6, 6.07) is 10.4. The quantitative estimate of drug-likeness (QED) is 0.0767. The minimum Gasteiger partial charge on any atom is -0.468 e. The predicted molar refractivity (Wildman–Crippen MR) is 154 cm³/mol. The molecule has 0 heterocycles. The average molecular weight is 543 g/mol. The largest absolute Gasteiger partial charge is 0.468 e. The van der Waals surface area contributed by atoms with Crippen LogP contribution in [0.25, 0.3) is 0 Å². The number of esters is 3. The molecule has 0 spiro atoms. The lowest BCUT2D eigenvalue weighted by Crippen LogP contribution is -2.43. The van der Waals surface area contributed by atoms with Crippen molar-refractivity contribution in [1.29, 1.82) is 0 Å². The smallest absolute Gasteiger partial charge is 0.330 e. The van der Waals surface area contributed by atoms with E-state index in [1.54, 1.807) is 6.08 Å². The van der Waals surface area contributed by atoms with Gasteiger partial charge >= 0.3 is 17.9 Å². The highest BCUT2D eigenvalue weighted by molar-refractivity contribution is 5.95. The van der Waals surface area contributed by atoms with Crippen LogP contribution in [0, 0.1) is 23.7 Å². The third kappa shape index (κ3) is 9.81. The molecule has 1 fully saturated rings. The zero-order valence-corrected chi connectivity index (χ0v) is 24.9. The SMILES string of the molecule is CCCCCCCC[C@H](/C=C/C(=O)O[C@@H]1C[C@H](C)CC[C@H]1C(C)(C)c1ccccc1)C(C(=O)OC)C(=O)OC. The zero-order valence-electron chi connectivity index (χ0n) is 24.9. The van der Waals surface area contributed by atoms with E-state index in [2.05, 4.69) is 52.0 Å². The van der Waals surface area contributed by atoms with E-state index in [0.29, 0.717) is 12.3 Å². The second kappa shape index (κ2) is 16.5. The topological polar surface area (TPSA) is 78.9 Å². The number of hydrogen-bond acceptors (Lipinski definition) is 6. The summed E-state index contributed by atoms with van der Waals surface area (Å²) in [5, 5.41) is 0. The van der Waals surface area contributed by atoms with Crippen LogP contribution in [-0.2, 0) is 34.0 Å². The van der Waals surface area contributed by atoms with Crippen molar-refractivity contribution >= 4 is 17.9 Å². The van der Waals surface area contributed by atoms with Gasteiger partial charge in [0.1, 0.15) is 6.10 Å². The van der Waals surface area contributed by atoms with Gasteiger partial charge in [0.25, 0.3) is 0 Å². The first-order valence-corrected chi connectivity index (χ1v) is 14.8. The van der Waals surface area contributed by atoms with Gasteiger partial charge in [-0.1, -0.05) is 109 Å². The molecule has 0 amide bonds. The first-order valence-electron chi connectivity index (χ1n) is 14.8. The number of carbonyl (C=O) groups is 3. The van der Waals surface area contributed by atoms with Crippen molar-refractivity contribution < 1.29 is 28.6 Å². The maximum atomic E-state index is 13.1. The molecule has 6 heteroatoms. The maximum Gasteiger partial charge on any atom is 0.330 e. The third-order valence-corrected chi connectivity index (χ3v) is 8.48. The normalized spacial score (nSPS) is 20.5. The second-order valence-corrected chi connectivity index (χ2v) is 11.7. The van der Waals surface area contributed by atoms with Crippen molar-refractivity contribution in [2.75, 3.05) is 14.2 Å². The van der Waals surface area contributed by atoms with Gasteiger partial charge in [0, 0.05) is 17.9 Å². The summed E-state index contributed by atoms with van der Waals surface area (Å²) in [6.07, 6.45) is 12.8. The van der Waals surface area contributed by atoms with Crippen LogP contribution in [0.3, 0.4) is 0 Å². The van der Waals surface area contributed by atoms with Gasteiger partial charge in [-0.15, -0.1) is 0 Å². The molecule has 1 saturated carbocycles. The number of unbranched alkanes of at least 4 members (excludes halogenated alkanes) is 5. The molecule has 1 aliphatic rings. The van der Waals surface area contributed by atoms with Gasteiger partial charge in [0.2, 0.25) is 0 Å². The van der Waals surface area contributed by atoms with E-state index in [9.17, 15) is 14.4 Å². The summed E-state index contributed by atoms with van der Waals surface area (Å²) in [5.74, 6) is -2.71. The standard InChI is InChI=1S/C33H50O6/c1-7-8-9-10-11-13-16-25(30(31(35)37-5)32(36)38-6)20-22-29(34)39-28-23-24(2)19-21-27(28)33(3,4)26-17-14-12-15-18-26/h12,14-15,17-18,20,22,24-25,27-28,30H,7-11,13,16,19,21,23H2,1-6H3/b22-20+/t24-,25-,27-,28-/m1/s1. The number of methoxy groups -OCH3 is 2. The molecular weight excluding hydrogens is 492 g/mol. The van der Waals surface area contributed by atoms with Crippen LogP contribution in [0.2, 0.25) is 0 Å². The van der Waals surface area contributed by atoms with Crippen LogP contribution < -0.4 is 0 Å². The number of allylic oxidation sites excluding steroid dienone is 1. The van der Waals surface area contributed by atoms with E-state index < -0.39 is 29.7 Å². The van der Waals surface area contributed by atoms with Crippen LogP contribution in [0.5, 0.6) is 0 Å². The Morgan fingerprint density at radius 1 is 0.949 bits per heavy atom. The molecule has 39 heavy (non-hydrogen) atoms. The Balaban J connectivity index is 2.18. The summed E-state index contributed by atoms with van der Waals surface area (Å²) < 4.78 is 15.9. The lowest BCUT2D eigenvalue weighted by Gasteiger charge is -2.43. The van der Waals surface area contributed by atoms with Crippen LogP contribution in [0.15, 0.2) is 42.5 Å². The van der Waals surface area contributed by atoms with Crippen LogP contribution >= 0.6 is 0 Å². The Kier molecular flexibility index (Phi) is 13.8. The van der Waals surface area contributed by atoms with Gasteiger partial charge in [-0.3, -0.25) is 9.59 Å². The summed E-state index contributed by atoms with van der Waals surface area (Å²) in [4.78, 5) is 38.2. The lowest BCUT2D eigenvalue weighted by atomic mass is 9.64. The molecule has 0 radical (unpaired) electrons. The summed E-state index contributed by atoms with van der Waals surface area (Å²) in [5.41, 5.74) is 1.08. The Bertz CT molecular complexity index is 905.